The molecule has 2 heterocycles. The molecule has 0 aliphatic carbocycles. The van der Waals surface area contributed by atoms with Crippen LogP contribution in [0.4, 0.5) is 5.82 Å². The SMILES string of the molecule is CCc1nc(C2SCCSC2CC)nc(NC)c1C. The Morgan fingerprint density at radius 2 is 1.95 bits per heavy atom. The molecule has 2 atom stereocenters. The highest BCUT2D eigenvalue weighted by molar-refractivity contribution is 8.06. The molecule has 1 saturated heterocycles. The molecule has 106 valence electrons. The monoisotopic (exact) mass is 297 g/mol. The second-order valence-corrected chi connectivity index (χ2v) is 7.31. The molecule has 1 aromatic heterocycles. The van der Waals surface area contributed by atoms with E-state index in [0.717, 1.165) is 18.1 Å². The third-order valence-electron chi connectivity index (χ3n) is 3.54. The molecule has 2 rings (SSSR count). The van der Waals surface area contributed by atoms with Crippen molar-refractivity contribution in [2.24, 2.45) is 0 Å². The van der Waals surface area contributed by atoms with Gasteiger partial charge in [-0.15, -0.1) is 11.8 Å². The summed E-state index contributed by atoms with van der Waals surface area (Å²) in [5.41, 5.74) is 2.37. The van der Waals surface area contributed by atoms with E-state index < -0.39 is 0 Å². The van der Waals surface area contributed by atoms with Crippen molar-refractivity contribution in [3.05, 3.63) is 17.1 Å². The molecular formula is C14H23N3S2. The maximum Gasteiger partial charge on any atom is 0.145 e. The quantitative estimate of drug-likeness (QED) is 0.917. The van der Waals surface area contributed by atoms with E-state index in [1.165, 1.54) is 29.2 Å². The number of hydrogen-bond donors (Lipinski definition) is 1. The molecule has 0 amide bonds. The second kappa shape index (κ2) is 6.84. The maximum atomic E-state index is 4.84. The van der Waals surface area contributed by atoms with Gasteiger partial charge in [-0.3, -0.25) is 0 Å². The van der Waals surface area contributed by atoms with Crippen LogP contribution >= 0.6 is 23.5 Å². The van der Waals surface area contributed by atoms with Crippen LogP contribution in [0.25, 0.3) is 0 Å². The van der Waals surface area contributed by atoms with E-state index in [0.29, 0.717) is 10.5 Å². The van der Waals surface area contributed by atoms with Crippen LogP contribution in [0.2, 0.25) is 0 Å². The normalized spacial score (nSPS) is 23.4. The minimum Gasteiger partial charge on any atom is -0.373 e. The number of aryl methyl sites for hydroxylation is 1. The molecule has 1 aromatic rings. The van der Waals surface area contributed by atoms with Crippen LogP contribution in [-0.2, 0) is 6.42 Å². The molecule has 2 unspecified atom stereocenters. The summed E-state index contributed by atoms with van der Waals surface area (Å²) in [6, 6.07) is 0. The highest BCUT2D eigenvalue weighted by Crippen LogP contribution is 2.43. The summed E-state index contributed by atoms with van der Waals surface area (Å²) < 4.78 is 0. The highest BCUT2D eigenvalue weighted by atomic mass is 32.2. The van der Waals surface area contributed by atoms with Crippen molar-refractivity contribution in [1.82, 2.24) is 9.97 Å². The molecule has 3 nitrogen and oxygen atoms in total. The third-order valence-corrected chi connectivity index (χ3v) is 6.79. The summed E-state index contributed by atoms with van der Waals surface area (Å²) in [5, 5.41) is 4.31. The van der Waals surface area contributed by atoms with Crippen molar-refractivity contribution < 1.29 is 0 Å². The molecule has 1 aliphatic heterocycles. The van der Waals surface area contributed by atoms with E-state index in [1.54, 1.807) is 0 Å². The number of rotatable bonds is 4. The summed E-state index contributed by atoms with van der Waals surface area (Å²) in [6.07, 6.45) is 2.16. The molecule has 0 aromatic carbocycles. The van der Waals surface area contributed by atoms with Crippen molar-refractivity contribution in [2.45, 2.75) is 44.1 Å². The summed E-state index contributed by atoms with van der Waals surface area (Å²) in [4.78, 5) is 9.60. The molecule has 19 heavy (non-hydrogen) atoms. The van der Waals surface area contributed by atoms with Gasteiger partial charge in [0.15, 0.2) is 0 Å². The van der Waals surface area contributed by atoms with E-state index in [9.17, 15) is 0 Å². The lowest BCUT2D eigenvalue weighted by Gasteiger charge is -2.29. The topological polar surface area (TPSA) is 37.8 Å². The van der Waals surface area contributed by atoms with E-state index >= 15 is 0 Å². The van der Waals surface area contributed by atoms with Gasteiger partial charge in [-0.2, -0.15) is 11.8 Å². The van der Waals surface area contributed by atoms with Crippen molar-refractivity contribution in [3.63, 3.8) is 0 Å². The molecule has 1 N–H and O–H groups in total. The van der Waals surface area contributed by atoms with Gasteiger partial charge in [-0.05, 0) is 19.8 Å². The van der Waals surface area contributed by atoms with Crippen LogP contribution in [0, 0.1) is 6.92 Å². The number of hydrogen-bond acceptors (Lipinski definition) is 5. The molecule has 5 heteroatoms. The highest BCUT2D eigenvalue weighted by Gasteiger charge is 2.29. The van der Waals surface area contributed by atoms with E-state index in [4.69, 9.17) is 9.97 Å². The number of anilines is 1. The average molecular weight is 297 g/mol. The average Bonchev–Trinajstić information content (AvgIpc) is 2.47. The minimum absolute atomic E-state index is 0.446. The Labute approximate surface area is 124 Å². The molecule has 0 radical (unpaired) electrons. The van der Waals surface area contributed by atoms with Crippen molar-refractivity contribution in [2.75, 3.05) is 23.9 Å². The molecule has 0 saturated carbocycles. The Morgan fingerprint density at radius 3 is 2.58 bits per heavy atom. The number of nitrogens with zero attached hydrogens (tertiary/aromatic N) is 2. The van der Waals surface area contributed by atoms with E-state index in [1.807, 2.05) is 18.8 Å². The van der Waals surface area contributed by atoms with Gasteiger partial charge in [-0.25, -0.2) is 9.97 Å². The first-order chi connectivity index (χ1) is 9.21. The molecular weight excluding hydrogens is 274 g/mol. The Balaban J connectivity index is 2.37. The fourth-order valence-corrected chi connectivity index (χ4v) is 5.43. The number of nitrogens with one attached hydrogen (secondary N) is 1. The zero-order chi connectivity index (χ0) is 13.8. The standard InChI is InChI=1S/C14H23N3S2/c1-5-10-9(3)13(15-4)17-14(16-10)12-11(6-2)18-7-8-19-12/h11-12H,5-8H2,1-4H3,(H,15,16,17). The zero-order valence-electron chi connectivity index (χ0n) is 12.2. The summed E-state index contributed by atoms with van der Waals surface area (Å²) in [7, 11) is 1.94. The first-order valence-corrected chi connectivity index (χ1v) is 9.09. The van der Waals surface area contributed by atoms with Crippen molar-refractivity contribution in [1.29, 1.82) is 0 Å². The molecule has 0 spiro atoms. The predicted octanol–water partition coefficient (Wildman–Crippen LogP) is 3.69. The van der Waals surface area contributed by atoms with Crippen LogP contribution in [0.1, 0.15) is 42.6 Å². The first kappa shape index (κ1) is 15.0. The second-order valence-electron chi connectivity index (χ2n) is 4.71. The minimum atomic E-state index is 0.446. The first-order valence-electron chi connectivity index (χ1n) is 6.99. The van der Waals surface area contributed by atoms with E-state index in [-0.39, 0.29) is 0 Å². The van der Waals surface area contributed by atoms with Gasteiger partial charge >= 0.3 is 0 Å². The van der Waals surface area contributed by atoms with Gasteiger partial charge in [-0.1, -0.05) is 13.8 Å². The fourth-order valence-electron chi connectivity index (χ4n) is 2.44. The maximum absolute atomic E-state index is 4.84. The van der Waals surface area contributed by atoms with E-state index in [2.05, 4.69) is 37.8 Å². The van der Waals surface area contributed by atoms with Gasteiger partial charge < -0.3 is 5.32 Å². The van der Waals surface area contributed by atoms with Crippen LogP contribution < -0.4 is 5.32 Å². The summed E-state index contributed by atoms with van der Waals surface area (Å²) in [5.74, 6) is 4.48. The van der Waals surface area contributed by atoms with Crippen molar-refractivity contribution in [3.8, 4) is 0 Å². The Kier molecular flexibility index (Phi) is 5.39. The van der Waals surface area contributed by atoms with Gasteiger partial charge in [0.05, 0.1) is 5.25 Å². The lowest BCUT2D eigenvalue weighted by Crippen LogP contribution is -2.21. The Morgan fingerprint density at radius 1 is 1.21 bits per heavy atom. The molecule has 1 aliphatic rings. The van der Waals surface area contributed by atoms with Crippen LogP contribution in [-0.4, -0.2) is 33.8 Å². The third kappa shape index (κ3) is 3.19. The lowest BCUT2D eigenvalue weighted by molar-refractivity contribution is 0.739. The number of thioether (sulfide) groups is 2. The predicted molar refractivity (Wildman–Crippen MR) is 87.4 cm³/mol. The van der Waals surface area contributed by atoms with Crippen LogP contribution in [0.15, 0.2) is 0 Å². The smallest absolute Gasteiger partial charge is 0.145 e. The Hall–Kier alpha value is -0.420. The molecule has 0 bridgehead atoms. The fraction of sp³-hybridized carbons (Fsp3) is 0.714. The summed E-state index contributed by atoms with van der Waals surface area (Å²) in [6.45, 7) is 6.54. The molecule has 1 fully saturated rings. The summed E-state index contributed by atoms with van der Waals surface area (Å²) >= 11 is 4.10. The number of aromatic nitrogens is 2. The zero-order valence-corrected chi connectivity index (χ0v) is 13.8. The van der Waals surface area contributed by atoms with Crippen molar-refractivity contribution >= 4 is 29.3 Å². The largest absolute Gasteiger partial charge is 0.373 e. The van der Waals surface area contributed by atoms with Crippen LogP contribution in [0.3, 0.4) is 0 Å². The van der Waals surface area contributed by atoms with Gasteiger partial charge in [0.25, 0.3) is 0 Å². The van der Waals surface area contributed by atoms with Gasteiger partial charge in [0, 0.05) is 35.1 Å². The van der Waals surface area contributed by atoms with Crippen LogP contribution in [0.5, 0.6) is 0 Å². The van der Waals surface area contributed by atoms with Gasteiger partial charge in [0.2, 0.25) is 0 Å². The Bertz CT molecular complexity index is 412. The van der Waals surface area contributed by atoms with Gasteiger partial charge in [0.1, 0.15) is 11.6 Å². The lowest BCUT2D eigenvalue weighted by atomic mass is 10.1.